The lowest BCUT2D eigenvalue weighted by molar-refractivity contribution is 1.11. The molecule has 12 heteroatoms. The summed E-state index contributed by atoms with van der Waals surface area (Å²) in [6, 6.07) is 0. The molecule has 0 bridgehead atoms. The summed E-state index contributed by atoms with van der Waals surface area (Å²) in [5, 5.41) is 0. The quantitative estimate of drug-likeness (QED) is 0.247. The normalized spacial score (nSPS) is 20.8. The predicted molar refractivity (Wildman–Crippen MR) is 131 cm³/mol. The lowest BCUT2D eigenvalue weighted by Gasteiger charge is -2.30. The Bertz CT molecular complexity index is 510. The number of hydrogen-bond donors (Lipinski definition) is 0. The zero-order chi connectivity index (χ0) is 18.1. The van der Waals surface area contributed by atoms with Crippen molar-refractivity contribution in [1.82, 2.24) is 0 Å². The van der Waals surface area contributed by atoms with Crippen molar-refractivity contribution < 1.29 is 0 Å². The van der Waals surface area contributed by atoms with E-state index in [0.29, 0.717) is 0 Å². The monoisotopic (exact) mass is 505 g/mol. The fourth-order valence-corrected chi connectivity index (χ4v) is 38.7. The molecule has 0 saturated heterocycles. The Labute approximate surface area is 174 Å². The first-order valence-corrected chi connectivity index (χ1v) is 21.5. The molecule has 0 aromatic carbocycles. The second-order valence-corrected chi connectivity index (χ2v) is 26.7. The summed E-state index contributed by atoms with van der Waals surface area (Å²) in [5.74, 6) is 1.61. The third kappa shape index (κ3) is 8.36. The summed E-state index contributed by atoms with van der Waals surface area (Å²) >= 11 is 20.9. The molecule has 1 aliphatic heterocycles. The van der Waals surface area contributed by atoms with Gasteiger partial charge in [0, 0.05) is 23.0 Å². The number of hydrogen-bond acceptors (Lipinski definition) is 7. The van der Waals surface area contributed by atoms with E-state index in [-0.39, 0.29) is 0 Å². The highest BCUT2D eigenvalue weighted by Crippen LogP contribution is 2.94. The Morgan fingerprint density at radius 3 is 1.25 bits per heavy atom. The molecule has 0 aromatic rings. The average molecular weight is 506 g/mol. The van der Waals surface area contributed by atoms with Gasteiger partial charge in [-0.05, 0) is 48.2 Å². The van der Waals surface area contributed by atoms with E-state index in [9.17, 15) is 0 Å². The van der Waals surface area contributed by atoms with Crippen LogP contribution in [0.1, 0.15) is 53.4 Å². The molecule has 1 aliphatic rings. The van der Waals surface area contributed by atoms with Gasteiger partial charge in [0.2, 0.25) is 0 Å². The lowest BCUT2D eigenvalue weighted by atomic mass is 10.6. The minimum atomic E-state index is -2.62. The van der Waals surface area contributed by atoms with Crippen molar-refractivity contribution in [3.8, 4) is 0 Å². The van der Waals surface area contributed by atoms with E-state index in [4.69, 9.17) is 36.0 Å². The first kappa shape index (κ1) is 24.7. The Hall–Kier alpha value is 2.67. The van der Waals surface area contributed by atoms with E-state index in [1.165, 1.54) is 0 Å². The van der Waals surface area contributed by atoms with Crippen LogP contribution in [0.2, 0.25) is 0 Å². The maximum absolute atomic E-state index is 6.64. The van der Waals surface area contributed by atoms with E-state index in [2.05, 4.69) is 27.7 Å². The van der Waals surface area contributed by atoms with Gasteiger partial charge in [0.05, 0.1) is 0 Å². The minimum Gasteiger partial charge on any atom is -0.202 e. The van der Waals surface area contributed by atoms with Crippen LogP contribution in [0.3, 0.4) is 0 Å². The van der Waals surface area contributed by atoms with Crippen molar-refractivity contribution in [3.63, 3.8) is 0 Å². The van der Waals surface area contributed by atoms with Gasteiger partial charge in [-0.3, -0.25) is 0 Å². The van der Waals surface area contributed by atoms with E-state index in [0.717, 1.165) is 48.7 Å². The highest BCUT2D eigenvalue weighted by Gasteiger charge is 2.36. The minimum absolute atomic E-state index is 1.06. The molecule has 3 nitrogen and oxygen atoms in total. The molecule has 1 rings (SSSR count). The average Bonchev–Trinajstić information content (AvgIpc) is 2.53. The first-order valence-electron chi connectivity index (χ1n) is 8.25. The molecule has 0 atom stereocenters. The molecule has 0 N–H and O–H groups in total. The van der Waals surface area contributed by atoms with Gasteiger partial charge in [-0.25, -0.2) is 4.52 Å². The fraction of sp³-hybridized carbons (Fsp3) is 1.00. The molecule has 24 heavy (non-hydrogen) atoms. The maximum Gasteiger partial charge on any atom is 0.256 e. The molecule has 0 saturated carbocycles. The van der Waals surface area contributed by atoms with Gasteiger partial charge in [0.25, 0.3) is 5.91 Å². The third-order valence-corrected chi connectivity index (χ3v) is 29.3. The van der Waals surface area contributed by atoms with Gasteiger partial charge in [0.15, 0.2) is 11.2 Å². The smallest absolute Gasteiger partial charge is 0.202 e. The molecule has 144 valence electrons. The molecule has 0 unspecified atom stereocenters. The molecule has 0 fully saturated rings. The molecular formula is C12H28Cl2N3P3S4. The van der Waals surface area contributed by atoms with E-state index in [1.807, 2.05) is 45.5 Å². The summed E-state index contributed by atoms with van der Waals surface area (Å²) < 4.78 is 15.1. The van der Waals surface area contributed by atoms with Crippen molar-refractivity contribution in [2.45, 2.75) is 53.4 Å². The second kappa shape index (κ2) is 12.3. The van der Waals surface area contributed by atoms with Crippen LogP contribution in [0, 0.1) is 0 Å². The van der Waals surface area contributed by atoms with Crippen molar-refractivity contribution in [2.24, 2.45) is 13.5 Å². The van der Waals surface area contributed by atoms with Gasteiger partial charge in [-0.1, -0.05) is 73.2 Å². The number of halogens is 2. The van der Waals surface area contributed by atoms with Crippen LogP contribution in [-0.4, -0.2) is 23.0 Å². The van der Waals surface area contributed by atoms with Gasteiger partial charge in [0.1, 0.15) is 0 Å². The standard InChI is InChI=1S/C12H28Cl2N3P3S4/c1-5-9-21-19(22-10-6-2)15-18(13,14)16-20(17-19,23-11-7-3)24-12-8-4/h5-12H2,1-4H3. The van der Waals surface area contributed by atoms with Crippen LogP contribution in [0.25, 0.3) is 0 Å². The Kier molecular flexibility index (Phi) is 12.6. The first-order chi connectivity index (χ1) is 11.4. The van der Waals surface area contributed by atoms with E-state index in [1.54, 1.807) is 0 Å². The number of rotatable bonds is 12. The van der Waals surface area contributed by atoms with Crippen molar-refractivity contribution in [2.75, 3.05) is 23.0 Å². The lowest BCUT2D eigenvalue weighted by Crippen LogP contribution is -1.83. The summed E-state index contributed by atoms with van der Waals surface area (Å²) in [7, 11) is 0. The third-order valence-electron chi connectivity index (χ3n) is 2.52. The Balaban J connectivity index is 3.40. The van der Waals surface area contributed by atoms with Crippen LogP contribution in [0.4, 0.5) is 0 Å². The number of nitrogens with zero attached hydrogens (tertiary/aromatic N) is 3. The molecule has 0 amide bonds. The van der Waals surface area contributed by atoms with Crippen LogP contribution in [-0.2, 0) is 0 Å². The Morgan fingerprint density at radius 1 is 0.583 bits per heavy atom. The van der Waals surface area contributed by atoms with E-state index < -0.39 is 17.1 Å². The zero-order valence-corrected chi connectivity index (χ0v) is 22.2. The molecular weight excluding hydrogens is 478 g/mol. The van der Waals surface area contributed by atoms with Gasteiger partial charge < -0.3 is 0 Å². The molecule has 1 heterocycles. The van der Waals surface area contributed by atoms with Crippen molar-refractivity contribution in [3.05, 3.63) is 0 Å². The van der Waals surface area contributed by atoms with Gasteiger partial charge >= 0.3 is 0 Å². The van der Waals surface area contributed by atoms with Crippen LogP contribution >= 0.6 is 85.1 Å². The van der Waals surface area contributed by atoms with Crippen LogP contribution < -0.4 is 0 Å². The highest BCUT2D eigenvalue weighted by atomic mass is 35.9. The largest absolute Gasteiger partial charge is 0.256 e. The van der Waals surface area contributed by atoms with Gasteiger partial charge in [-0.15, -0.1) is 0 Å². The zero-order valence-electron chi connectivity index (χ0n) is 14.7. The van der Waals surface area contributed by atoms with Gasteiger partial charge in [-0.2, -0.15) is 9.03 Å². The van der Waals surface area contributed by atoms with Crippen LogP contribution in [0.5, 0.6) is 0 Å². The molecule has 0 spiro atoms. The molecule has 0 aromatic heterocycles. The highest BCUT2D eigenvalue weighted by molar-refractivity contribution is 8.96. The van der Waals surface area contributed by atoms with E-state index >= 15 is 0 Å². The SMILES string of the molecule is CCCSP1(SCCC)=NP(Cl)(Cl)=NP(SCCC)(SCCC)=N1. The Morgan fingerprint density at radius 2 is 0.917 bits per heavy atom. The summed E-state index contributed by atoms with van der Waals surface area (Å²) in [4.78, 5) is 0. The second-order valence-electron chi connectivity index (χ2n) is 5.04. The topological polar surface area (TPSA) is 37.1 Å². The summed E-state index contributed by atoms with van der Waals surface area (Å²) in [6.07, 6.45) is 4.47. The van der Waals surface area contributed by atoms with Crippen molar-refractivity contribution in [1.29, 1.82) is 0 Å². The summed E-state index contributed by atoms with van der Waals surface area (Å²) in [6.45, 7) is 8.80. The molecule has 0 aliphatic carbocycles. The fourth-order valence-electron chi connectivity index (χ4n) is 1.59. The predicted octanol–water partition coefficient (Wildman–Crippen LogP) is 10.9. The van der Waals surface area contributed by atoms with Crippen LogP contribution in [0.15, 0.2) is 13.5 Å². The molecule has 0 radical (unpaired) electrons. The summed E-state index contributed by atoms with van der Waals surface area (Å²) in [5.41, 5.74) is -3.93. The maximum atomic E-state index is 6.64. The van der Waals surface area contributed by atoms with Crippen molar-refractivity contribution >= 4 is 85.1 Å².